The van der Waals surface area contributed by atoms with E-state index in [0.29, 0.717) is 4.99 Å². The van der Waals surface area contributed by atoms with Gasteiger partial charge in [0.2, 0.25) is 0 Å². The minimum atomic E-state index is 0.0173. The first-order valence-electron chi connectivity index (χ1n) is 7.75. The van der Waals surface area contributed by atoms with Gasteiger partial charge in [-0.1, -0.05) is 26.1 Å². The van der Waals surface area contributed by atoms with Crippen molar-refractivity contribution in [1.29, 1.82) is 0 Å². The van der Waals surface area contributed by atoms with E-state index >= 15 is 0 Å². The summed E-state index contributed by atoms with van der Waals surface area (Å²) < 4.78 is 0. The van der Waals surface area contributed by atoms with Crippen LogP contribution in [0, 0.1) is 5.41 Å². The van der Waals surface area contributed by atoms with E-state index in [-0.39, 0.29) is 5.41 Å². The second-order valence-corrected chi connectivity index (χ2v) is 7.28. The molecule has 0 aromatic rings. The standard InChI is InChI=1S/C15H29N3S/c1-15(2,14(16)19)7-5-8-17-11-6-13(12-17)18-9-3-4-10-18/h13H,3-12H2,1-2H3,(H2,16,19). The fraction of sp³-hybridized carbons (Fsp3) is 0.933. The zero-order chi connectivity index (χ0) is 13.9. The van der Waals surface area contributed by atoms with E-state index in [1.807, 2.05) is 0 Å². The molecule has 0 aromatic carbocycles. The van der Waals surface area contributed by atoms with Crippen molar-refractivity contribution in [2.45, 2.75) is 52.0 Å². The van der Waals surface area contributed by atoms with Crippen molar-refractivity contribution in [2.24, 2.45) is 11.1 Å². The minimum absolute atomic E-state index is 0.0173. The molecular formula is C15H29N3S. The molecule has 2 heterocycles. The van der Waals surface area contributed by atoms with Crippen LogP contribution in [0.4, 0.5) is 0 Å². The van der Waals surface area contributed by atoms with Crippen molar-refractivity contribution in [3.8, 4) is 0 Å². The van der Waals surface area contributed by atoms with E-state index in [0.717, 1.165) is 12.5 Å². The zero-order valence-electron chi connectivity index (χ0n) is 12.5. The van der Waals surface area contributed by atoms with Crippen LogP contribution in [0.1, 0.15) is 46.0 Å². The molecule has 0 radical (unpaired) electrons. The molecule has 1 unspecified atom stereocenters. The molecule has 110 valence electrons. The largest absolute Gasteiger partial charge is 0.393 e. The third-order valence-corrected chi connectivity index (χ3v) is 5.40. The second kappa shape index (κ2) is 6.51. The normalized spacial score (nSPS) is 26.1. The Labute approximate surface area is 123 Å². The molecule has 2 N–H and O–H groups in total. The minimum Gasteiger partial charge on any atom is -0.393 e. The van der Waals surface area contributed by atoms with Gasteiger partial charge < -0.3 is 10.6 Å². The molecule has 2 fully saturated rings. The predicted octanol–water partition coefficient (Wildman–Crippen LogP) is 2.25. The van der Waals surface area contributed by atoms with Crippen LogP contribution in [-0.2, 0) is 0 Å². The summed E-state index contributed by atoms with van der Waals surface area (Å²) >= 11 is 5.13. The summed E-state index contributed by atoms with van der Waals surface area (Å²) in [5, 5.41) is 0. The van der Waals surface area contributed by atoms with Gasteiger partial charge in [0, 0.05) is 18.0 Å². The van der Waals surface area contributed by atoms with Crippen molar-refractivity contribution < 1.29 is 0 Å². The first-order valence-corrected chi connectivity index (χ1v) is 8.16. The van der Waals surface area contributed by atoms with Gasteiger partial charge in [-0.15, -0.1) is 0 Å². The second-order valence-electron chi connectivity index (χ2n) is 6.84. The summed E-state index contributed by atoms with van der Waals surface area (Å²) in [7, 11) is 0. The Kier molecular flexibility index (Phi) is 5.21. The summed E-state index contributed by atoms with van der Waals surface area (Å²) in [6.07, 6.45) is 6.47. The quantitative estimate of drug-likeness (QED) is 0.758. The van der Waals surface area contributed by atoms with E-state index < -0.39 is 0 Å². The Morgan fingerprint density at radius 2 is 1.95 bits per heavy atom. The fourth-order valence-corrected chi connectivity index (χ4v) is 3.39. The Morgan fingerprint density at radius 3 is 2.58 bits per heavy atom. The van der Waals surface area contributed by atoms with Crippen LogP contribution in [0.25, 0.3) is 0 Å². The molecule has 0 aliphatic carbocycles. The van der Waals surface area contributed by atoms with Gasteiger partial charge >= 0.3 is 0 Å². The highest BCUT2D eigenvalue weighted by molar-refractivity contribution is 7.80. The van der Waals surface area contributed by atoms with Gasteiger partial charge in [0.1, 0.15) is 0 Å². The van der Waals surface area contributed by atoms with Crippen LogP contribution < -0.4 is 5.73 Å². The van der Waals surface area contributed by atoms with Gasteiger partial charge in [0.15, 0.2) is 0 Å². The van der Waals surface area contributed by atoms with Crippen molar-refractivity contribution in [1.82, 2.24) is 9.80 Å². The van der Waals surface area contributed by atoms with Gasteiger partial charge in [-0.25, -0.2) is 0 Å². The number of nitrogens with zero attached hydrogens (tertiary/aromatic N) is 2. The zero-order valence-corrected chi connectivity index (χ0v) is 13.3. The molecule has 3 nitrogen and oxygen atoms in total. The molecule has 2 aliphatic heterocycles. The molecule has 1 atom stereocenters. The van der Waals surface area contributed by atoms with Crippen LogP contribution in [0.3, 0.4) is 0 Å². The Hall–Kier alpha value is -0.190. The van der Waals surface area contributed by atoms with Crippen LogP contribution in [-0.4, -0.2) is 53.6 Å². The van der Waals surface area contributed by atoms with Crippen molar-refractivity contribution >= 4 is 17.2 Å². The number of nitrogens with two attached hydrogens (primary N) is 1. The molecule has 0 saturated carbocycles. The molecule has 0 bridgehead atoms. The topological polar surface area (TPSA) is 32.5 Å². The average Bonchev–Trinajstić information content (AvgIpc) is 2.98. The maximum Gasteiger partial charge on any atom is 0.0784 e. The van der Waals surface area contributed by atoms with Gasteiger partial charge in [-0.3, -0.25) is 4.90 Å². The monoisotopic (exact) mass is 283 g/mol. The number of hydrogen-bond donors (Lipinski definition) is 1. The highest BCUT2D eigenvalue weighted by Crippen LogP contribution is 2.24. The van der Waals surface area contributed by atoms with E-state index in [4.69, 9.17) is 18.0 Å². The Morgan fingerprint density at radius 1 is 1.26 bits per heavy atom. The lowest BCUT2D eigenvalue weighted by molar-refractivity contribution is 0.228. The highest BCUT2D eigenvalue weighted by Gasteiger charge is 2.29. The summed E-state index contributed by atoms with van der Waals surface area (Å²) in [6.45, 7) is 10.7. The first-order chi connectivity index (χ1) is 8.99. The van der Waals surface area contributed by atoms with Crippen molar-refractivity contribution in [3.05, 3.63) is 0 Å². The first kappa shape index (κ1) is 15.2. The van der Waals surface area contributed by atoms with E-state index in [2.05, 4.69) is 23.6 Å². The molecule has 2 aliphatic rings. The molecular weight excluding hydrogens is 254 g/mol. The number of rotatable bonds is 6. The van der Waals surface area contributed by atoms with Crippen LogP contribution >= 0.6 is 12.2 Å². The van der Waals surface area contributed by atoms with Crippen LogP contribution in [0.5, 0.6) is 0 Å². The van der Waals surface area contributed by atoms with Crippen molar-refractivity contribution in [2.75, 3.05) is 32.7 Å². The van der Waals surface area contributed by atoms with Crippen LogP contribution in [0.2, 0.25) is 0 Å². The smallest absolute Gasteiger partial charge is 0.0784 e. The maximum absolute atomic E-state index is 5.78. The summed E-state index contributed by atoms with van der Waals surface area (Å²) in [6, 6.07) is 0.825. The van der Waals surface area contributed by atoms with E-state index in [9.17, 15) is 0 Å². The van der Waals surface area contributed by atoms with E-state index in [1.165, 1.54) is 58.4 Å². The summed E-state index contributed by atoms with van der Waals surface area (Å²) in [5.41, 5.74) is 5.80. The van der Waals surface area contributed by atoms with Gasteiger partial charge in [0.25, 0.3) is 0 Å². The van der Waals surface area contributed by atoms with Gasteiger partial charge in [0.05, 0.1) is 4.99 Å². The third-order valence-electron chi connectivity index (χ3n) is 4.85. The van der Waals surface area contributed by atoms with E-state index in [1.54, 1.807) is 0 Å². The number of thiocarbonyl (C=S) groups is 1. The Bertz CT molecular complexity index is 311. The SMILES string of the molecule is CC(C)(CCCN1CCC(N2CCCC2)C1)C(N)=S. The number of hydrogen-bond acceptors (Lipinski definition) is 3. The molecule has 0 spiro atoms. The fourth-order valence-electron chi connectivity index (χ4n) is 3.29. The van der Waals surface area contributed by atoms with Gasteiger partial charge in [-0.2, -0.15) is 0 Å². The molecule has 2 rings (SSSR count). The molecule has 19 heavy (non-hydrogen) atoms. The molecule has 0 amide bonds. The number of likely N-dealkylation sites (tertiary alicyclic amines) is 2. The predicted molar refractivity (Wildman–Crippen MR) is 85.5 cm³/mol. The molecule has 4 heteroatoms. The Balaban J connectivity index is 1.66. The summed E-state index contributed by atoms with van der Waals surface area (Å²) in [5.74, 6) is 0. The lowest BCUT2D eigenvalue weighted by atomic mass is 9.88. The maximum atomic E-state index is 5.78. The lowest BCUT2D eigenvalue weighted by Gasteiger charge is -2.26. The van der Waals surface area contributed by atoms with Crippen molar-refractivity contribution in [3.63, 3.8) is 0 Å². The van der Waals surface area contributed by atoms with Crippen LogP contribution in [0.15, 0.2) is 0 Å². The highest BCUT2D eigenvalue weighted by atomic mass is 32.1. The summed E-state index contributed by atoms with van der Waals surface area (Å²) in [4.78, 5) is 5.97. The third kappa shape index (κ3) is 4.14. The molecule has 2 saturated heterocycles. The lowest BCUT2D eigenvalue weighted by Crippen LogP contribution is -2.36. The molecule has 0 aromatic heterocycles. The van der Waals surface area contributed by atoms with Gasteiger partial charge in [-0.05, 0) is 58.3 Å². The average molecular weight is 283 g/mol.